The van der Waals surface area contributed by atoms with E-state index in [1.54, 1.807) is 0 Å². The third-order valence-electron chi connectivity index (χ3n) is 13.1. The van der Waals surface area contributed by atoms with Gasteiger partial charge in [0.15, 0.2) is 51.8 Å². The fourth-order valence-corrected chi connectivity index (χ4v) is 8.35. The van der Waals surface area contributed by atoms with Crippen molar-refractivity contribution >= 4 is 52.8 Å². The zero-order valence-corrected chi connectivity index (χ0v) is 47.8. The van der Waals surface area contributed by atoms with Gasteiger partial charge in [-0.15, -0.1) is 0 Å². The van der Waals surface area contributed by atoms with Crippen molar-refractivity contribution in [1.29, 1.82) is 0 Å². The predicted octanol–water partition coefficient (Wildman–Crippen LogP) is 1.63. The normalized spacial score (nSPS) is 11.2. The maximum atomic E-state index is 14.4. The standard InChI is InChI=1S/C57H74N8O20/c1-32(58-20-28-82-3)34-10-11-39(48(72)43(34)67)55(79)63-42(33(2)66)18-27-65(57(81)41-17-15-38(47(71)50(41)74)54(78)62-23-31-85-6)25-8-7-24-64(56(80)40-16-14-37(46(70)49(40)73)53(77)61-22-30-84-5)26-9-19-59-51(75)35-12-13-36(45(69)44(35)68)52(76)60-21-29-83-4/h10-17,42,58,67-74H,1,7-9,18-31H2,2-6H3,(H,59,75)(H,60,76)(H,61,77)(H,62,78)(H,63,79). The number of carbonyl (C=O) groups excluding carboxylic acids is 8. The first-order chi connectivity index (χ1) is 40.6. The van der Waals surface area contributed by atoms with Crippen LogP contribution < -0.4 is 31.9 Å². The SMILES string of the molecule is C=C(NCCOC)c1ccc(C(=O)NC(CCN(CCCCN(CCCNC(=O)c2ccc(C(=O)NCCOC)c(O)c2O)C(=O)c2ccc(C(=O)NCCOC)c(O)c2O)C(=O)c2ccc(C(=O)NCCOC)c(O)c2O)C(C)=O)c(O)c1O. The number of ketones is 1. The first-order valence-electron chi connectivity index (χ1n) is 26.7. The number of ether oxygens (including phenoxy) is 4. The van der Waals surface area contributed by atoms with E-state index in [4.69, 9.17) is 18.9 Å². The quantitative estimate of drug-likeness (QED) is 0.0230. The van der Waals surface area contributed by atoms with Crippen molar-refractivity contribution in [2.24, 2.45) is 0 Å². The van der Waals surface area contributed by atoms with Crippen LogP contribution in [0.2, 0.25) is 0 Å². The van der Waals surface area contributed by atoms with Gasteiger partial charge in [-0.3, -0.25) is 38.4 Å². The fourth-order valence-electron chi connectivity index (χ4n) is 8.35. The summed E-state index contributed by atoms with van der Waals surface area (Å²) in [7, 11) is 5.72. The van der Waals surface area contributed by atoms with E-state index in [2.05, 4.69) is 38.5 Å². The highest BCUT2D eigenvalue weighted by Gasteiger charge is 2.30. The number of phenolic OH excluding ortho intramolecular Hbond substituents is 8. The van der Waals surface area contributed by atoms with E-state index >= 15 is 0 Å². The van der Waals surface area contributed by atoms with Crippen molar-refractivity contribution in [3.63, 3.8) is 0 Å². The number of nitrogens with zero attached hydrogens (tertiary/aromatic N) is 2. The maximum absolute atomic E-state index is 14.4. The highest BCUT2D eigenvalue weighted by atomic mass is 16.5. The summed E-state index contributed by atoms with van der Waals surface area (Å²) in [5, 5.41) is 103. The molecule has 0 aliphatic heterocycles. The second-order valence-corrected chi connectivity index (χ2v) is 18.9. The van der Waals surface area contributed by atoms with Crippen molar-refractivity contribution in [3.8, 4) is 46.0 Å². The Hall–Kier alpha value is -9.38. The molecular formula is C57H74N8O20. The number of hydrogen-bond acceptors (Lipinski definition) is 21. The molecular weight excluding hydrogens is 1120 g/mol. The zero-order chi connectivity index (χ0) is 62.9. The van der Waals surface area contributed by atoms with Crippen LogP contribution in [-0.4, -0.2) is 218 Å². The van der Waals surface area contributed by atoms with E-state index in [-0.39, 0.29) is 131 Å². The van der Waals surface area contributed by atoms with Gasteiger partial charge in [-0.25, -0.2) is 0 Å². The van der Waals surface area contributed by atoms with Gasteiger partial charge >= 0.3 is 0 Å². The Bertz CT molecular complexity index is 3060. The molecule has 0 radical (unpaired) electrons. The lowest BCUT2D eigenvalue weighted by Gasteiger charge is -2.27. The smallest absolute Gasteiger partial charge is 0.257 e. The number of rotatable bonds is 35. The van der Waals surface area contributed by atoms with E-state index in [1.807, 2.05) is 0 Å². The first-order valence-corrected chi connectivity index (χ1v) is 26.7. The Morgan fingerprint density at radius 1 is 0.400 bits per heavy atom. The third-order valence-corrected chi connectivity index (χ3v) is 13.1. The lowest BCUT2D eigenvalue weighted by atomic mass is 10.0. The van der Waals surface area contributed by atoms with Gasteiger partial charge in [-0.2, -0.15) is 0 Å². The number of nitrogens with one attached hydrogen (secondary N) is 6. The topological polar surface area (TPSA) is 414 Å². The van der Waals surface area contributed by atoms with Gasteiger partial charge in [-0.05, 0) is 81.1 Å². The van der Waals surface area contributed by atoms with Crippen LogP contribution in [0.5, 0.6) is 46.0 Å². The van der Waals surface area contributed by atoms with Crippen molar-refractivity contribution in [2.45, 2.75) is 38.6 Å². The largest absolute Gasteiger partial charge is 0.504 e. The fraction of sp³-hybridized carbons (Fsp3) is 0.404. The number of unbranched alkanes of at least 4 members (excludes halogenated alkanes) is 1. The number of amides is 7. The van der Waals surface area contributed by atoms with E-state index in [9.17, 15) is 79.2 Å². The maximum Gasteiger partial charge on any atom is 0.257 e. The van der Waals surface area contributed by atoms with Gasteiger partial charge in [0.1, 0.15) is 0 Å². The van der Waals surface area contributed by atoms with Gasteiger partial charge in [0.05, 0.1) is 71.4 Å². The van der Waals surface area contributed by atoms with Crippen LogP contribution in [0.15, 0.2) is 55.1 Å². The van der Waals surface area contributed by atoms with Gasteiger partial charge in [0.2, 0.25) is 0 Å². The molecule has 0 saturated heterocycles. The highest BCUT2D eigenvalue weighted by molar-refractivity contribution is 6.05. The summed E-state index contributed by atoms with van der Waals surface area (Å²) in [6.45, 7) is 5.23. The number of phenols is 8. The average molecular weight is 1190 g/mol. The van der Waals surface area contributed by atoms with E-state index in [0.29, 0.717) is 13.2 Å². The second-order valence-electron chi connectivity index (χ2n) is 18.9. The van der Waals surface area contributed by atoms with Crippen molar-refractivity contribution in [1.82, 2.24) is 41.7 Å². The van der Waals surface area contributed by atoms with Crippen LogP contribution >= 0.6 is 0 Å². The highest BCUT2D eigenvalue weighted by Crippen LogP contribution is 2.38. The molecule has 1 atom stereocenters. The summed E-state index contributed by atoms with van der Waals surface area (Å²) in [5.41, 5.74) is -2.45. The van der Waals surface area contributed by atoms with Crippen LogP contribution in [0.4, 0.5) is 0 Å². The van der Waals surface area contributed by atoms with E-state index in [1.165, 1.54) is 50.4 Å². The molecule has 0 aliphatic carbocycles. The Labute approximate surface area is 489 Å². The molecule has 462 valence electrons. The van der Waals surface area contributed by atoms with Crippen molar-refractivity contribution < 1.29 is 98.2 Å². The third kappa shape index (κ3) is 18.6. The summed E-state index contributed by atoms with van der Waals surface area (Å²) in [5.74, 6) is -13.5. The molecule has 14 N–H and O–H groups in total. The Kier molecular flexibility index (Phi) is 27.0. The number of carbonyl (C=O) groups is 8. The summed E-state index contributed by atoms with van der Waals surface area (Å²) in [4.78, 5) is 109. The van der Waals surface area contributed by atoms with E-state index < -0.39 is 116 Å². The van der Waals surface area contributed by atoms with Crippen LogP contribution in [0.3, 0.4) is 0 Å². The minimum atomic E-state index is -1.33. The monoisotopic (exact) mass is 1190 g/mol. The molecule has 0 spiro atoms. The Morgan fingerprint density at radius 2 is 0.682 bits per heavy atom. The number of aromatic hydroxyl groups is 8. The summed E-state index contributed by atoms with van der Waals surface area (Å²) < 4.78 is 19.8. The van der Waals surface area contributed by atoms with Crippen LogP contribution in [-0.2, 0) is 23.7 Å². The molecule has 28 heteroatoms. The second kappa shape index (κ2) is 33.7. The molecule has 0 aliphatic rings. The molecule has 7 amide bonds. The molecule has 1 unspecified atom stereocenters. The first kappa shape index (κ1) is 68.1. The predicted molar refractivity (Wildman–Crippen MR) is 305 cm³/mol. The molecule has 4 rings (SSSR count). The Morgan fingerprint density at radius 3 is 1.05 bits per heavy atom. The molecule has 28 nitrogen and oxygen atoms in total. The van der Waals surface area contributed by atoms with Crippen molar-refractivity contribution in [2.75, 3.05) is 114 Å². The van der Waals surface area contributed by atoms with Gasteiger partial charge in [0, 0.05) is 98.6 Å². The van der Waals surface area contributed by atoms with Gasteiger partial charge in [-0.1, -0.05) is 6.58 Å². The Balaban J connectivity index is 1.62. The minimum absolute atomic E-state index is 0.00575. The number of methoxy groups -OCH3 is 4. The van der Waals surface area contributed by atoms with Gasteiger partial charge < -0.3 is 102 Å². The number of hydrogen-bond donors (Lipinski definition) is 14. The summed E-state index contributed by atoms with van der Waals surface area (Å²) in [6.07, 6.45) is -0.172. The summed E-state index contributed by atoms with van der Waals surface area (Å²) >= 11 is 0. The van der Waals surface area contributed by atoms with Gasteiger partial charge in [0.25, 0.3) is 41.4 Å². The van der Waals surface area contributed by atoms with E-state index in [0.717, 1.165) is 43.3 Å². The average Bonchev–Trinajstić information content (AvgIpc) is 3.61. The molecule has 0 fully saturated rings. The molecule has 0 bridgehead atoms. The molecule has 4 aromatic rings. The zero-order valence-electron chi connectivity index (χ0n) is 47.8. The summed E-state index contributed by atoms with van der Waals surface area (Å²) in [6, 6.07) is 7.90. The molecule has 85 heavy (non-hydrogen) atoms. The van der Waals surface area contributed by atoms with Crippen LogP contribution in [0, 0.1) is 0 Å². The van der Waals surface area contributed by atoms with Crippen LogP contribution in [0.1, 0.15) is 111 Å². The molecule has 0 aromatic heterocycles. The molecule has 0 saturated carbocycles. The lowest BCUT2D eigenvalue weighted by molar-refractivity contribution is -0.119. The van der Waals surface area contributed by atoms with Crippen LogP contribution in [0.25, 0.3) is 5.70 Å². The minimum Gasteiger partial charge on any atom is -0.504 e. The lowest BCUT2D eigenvalue weighted by Crippen LogP contribution is -2.43. The molecule has 0 heterocycles. The molecule has 4 aromatic carbocycles. The number of benzene rings is 4. The number of Topliss-reactive ketones (excluding diaryl/α,β-unsaturated/α-hetero) is 1. The van der Waals surface area contributed by atoms with Crippen molar-refractivity contribution in [3.05, 3.63) is 99.6 Å².